The lowest BCUT2D eigenvalue weighted by Crippen LogP contribution is -2.64. The molecule has 0 radical (unpaired) electrons. The highest BCUT2D eigenvalue weighted by atomic mass is 16.2. The Hall–Kier alpha value is -3.02. The monoisotopic (exact) mass is 376 g/mol. The molecule has 6 heteroatoms. The van der Waals surface area contributed by atoms with Crippen LogP contribution in [-0.2, 0) is 0 Å². The standard InChI is InChI=1S/C22H24N4O2/c27-20-23-12-13-25(20)18-9-4-8-17(14-18)24-21(28)26-15-22(10-5-11-22)19(26)16-6-2-1-3-7-16/h1-4,6-9,14,19H,5,10-13,15H2,(H,23,27)(H,24,28). The van der Waals surface area contributed by atoms with Crippen molar-refractivity contribution in [1.82, 2.24) is 10.2 Å². The van der Waals surface area contributed by atoms with Crippen molar-refractivity contribution in [2.45, 2.75) is 25.3 Å². The van der Waals surface area contributed by atoms with Gasteiger partial charge in [0.15, 0.2) is 0 Å². The zero-order valence-electron chi connectivity index (χ0n) is 15.7. The number of amides is 4. The van der Waals surface area contributed by atoms with Gasteiger partial charge < -0.3 is 15.5 Å². The zero-order chi connectivity index (χ0) is 19.1. The Kier molecular flexibility index (Phi) is 4.00. The van der Waals surface area contributed by atoms with E-state index in [1.54, 1.807) is 4.90 Å². The number of benzene rings is 2. The fourth-order valence-corrected chi connectivity index (χ4v) is 4.82. The number of hydrogen-bond donors (Lipinski definition) is 2. The van der Waals surface area contributed by atoms with E-state index in [-0.39, 0.29) is 23.5 Å². The van der Waals surface area contributed by atoms with Crippen LogP contribution >= 0.6 is 0 Å². The van der Waals surface area contributed by atoms with Crippen LogP contribution < -0.4 is 15.5 Å². The van der Waals surface area contributed by atoms with Gasteiger partial charge in [0.2, 0.25) is 0 Å². The van der Waals surface area contributed by atoms with E-state index < -0.39 is 0 Å². The van der Waals surface area contributed by atoms with E-state index in [1.807, 2.05) is 47.4 Å². The Bertz CT molecular complexity index is 910. The smallest absolute Gasteiger partial charge is 0.322 e. The summed E-state index contributed by atoms with van der Waals surface area (Å²) in [7, 11) is 0. The van der Waals surface area contributed by atoms with E-state index in [0.29, 0.717) is 18.8 Å². The van der Waals surface area contributed by atoms with Crippen molar-refractivity contribution >= 4 is 23.4 Å². The molecular weight excluding hydrogens is 352 g/mol. The van der Waals surface area contributed by atoms with Crippen molar-refractivity contribution in [2.24, 2.45) is 5.41 Å². The fraction of sp³-hybridized carbons (Fsp3) is 0.364. The number of nitrogens with zero attached hydrogens (tertiary/aromatic N) is 2. The number of anilines is 2. The van der Waals surface area contributed by atoms with Gasteiger partial charge in [0.25, 0.3) is 0 Å². The van der Waals surface area contributed by atoms with Gasteiger partial charge >= 0.3 is 12.1 Å². The molecule has 4 amide bonds. The van der Waals surface area contributed by atoms with E-state index in [9.17, 15) is 9.59 Å². The van der Waals surface area contributed by atoms with Crippen LogP contribution in [0.2, 0.25) is 0 Å². The lowest BCUT2D eigenvalue weighted by atomic mass is 9.56. The SMILES string of the molecule is O=C1NCCN1c1cccc(NC(=O)N2CC3(CCC3)C2c2ccccc2)c1. The molecule has 2 heterocycles. The highest BCUT2D eigenvalue weighted by Gasteiger charge is 2.57. The van der Waals surface area contributed by atoms with Gasteiger partial charge in [-0.15, -0.1) is 0 Å². The van der Waals surface area contributed by atoms with Crippen LogP contribution in [-0.4, -0.2) is 36.6 Å². The topological polar surface area (TPSA) is 64.7 Å². The molecule has 2 aliphatic heterocycles. The zero-order valence-corrected chi connectivity index (χ0v) is 15.7. The fourth-order valence-electron chi connectivity index (χ4n) is 4.82. The largest absolute Gasteiger partial charge is 0.336 e. The predicted octanol–water partition coefficient (Wildman–Crippen LogP) is 3.98. The number of rotatable bonds is 3. The third-order valence-corrected chi connectivity index (χ3v) is 6.37. The Morgan fingerprint density at radius 1 is 1.11 bits per heavy atom. The van der Waals surface area contributed by atoms with Crippen molar-refractivity contribution < 1.29 is 9.59 Å². The molecule has 2 aromatic carbocycles. The van der Waals surface area contributed by atoms with E-state index in [4.69, 9.17) is 0 Å². The molecule has 1 atom stereocenters. The molecular formula is C22H24N4O2. The van der Waals surface area contributed by atoms with Gasteiger partial charge in [0, 0.05) is 36.4 Å². The van der Waals surface area contributed by atoms with Crippen molar-refractivity contribution in [3.05, 3.63) is 60.2 Å². The van der Waals surface area contributed by atoms with Crippen molar-refractivity contribution in [2.75, 3.05) is 29.9 Å². The summed E-state index contributed by atoms with van der Waals surface area (Å²) in [6, 6.07) is 17.8. The molecule has 1 unspecified atom stereocenters. The Balaban J connectivity index is 1.34. The van der Waals surface area contributed by atoms with E-state index in [2.05, 4.69) is 22.8 Å². The minimum atomic E-state index is -0.0951. The predicted molar refractivity (Wildman–Crippen MR) is 108 cm³/mol. The van der Waals surface area contributed by atoms with Crippen LogP contribution in [0.4, 0.5) is 21.0 Å². The first-order valence-corrected chi connectivity index (χ1v) is 9.94. The molecule has 0 aromatic heterocycles. The van der Waals surface area contributed by atoms with Crippen LogP contribution in [0.1, 0.15) is 30.9 Å². The number of hydrogen-bond acceptors (Lipinski definition) is 2. The molecule has 2 aromatic rings. The normalized spacial score (nSPS) is 22.4. The Morgan fingerprint density at radius 2 is 1.93 bits per heavy atom. The minimum Gasteiger partial charge on any atom is -0.336 e. The van der Waals surface area contributed by atoms with Gasteiger partial charge in [-0.1, -0.05) is 42.8 Å². The first kappa shape index (κ1) is 17.1. The van der Waals surface area contributed by atoms with Crippen LogP contribution in [0.5, 0.6) is 0 Å². The second kappa shape index (κ2) is 6.55. The van der Waals surface area contributed by atoms with Gasteiger partial charge in [-0.25, -0.2) is 9.59 Å². The molecule has 2 saturated heterocycles. The number of urea groups is 2. The first-order chi connectivity index (χ1) is 13.7. The van der Waals surface area contributed by atoms with Gasteiger partial charge in [-0.2, -0.15) is 0 Å². The quantitative estimate of drug-likeness (QED) is 0.851. The maximum Gasteiger partial charge on any atom is 0.322 e. The third kappa shape index (κ3) is 2.71. The molecule has 1 saturated carbocycles. The summed E-state index contributed by atoms with van der Waals surface area (Å²) in [5, 5.41) is 5.84. The van der Waals surface area contributed by atoms with Crippen LogP contribution in [0.15, 0.2) is 54.6 Å². The molecule has 1 spiro atoms. The highest BCUT2D eigenvalue weighted by Crippen LogP contribution is 2.60. The van der Waals surface area contributed by atoms with Gasteiger partial charge in [0.05, 0.1) is 6.04 Å². The van der Waals surface area contributed by atoms with E-state index in [0.717, 1.165) is 12.2 Å². The molecule has 5 rings (SSSR count). The second-order valence-electron chi connectivity index (χ2n) is 8.02. The molecule has 6 nitrogen and oxygen atoms in total. The molecule has 1 aliphatic carbocycles. The number of carbonyl (C=O) groups excluding carboxylic acids is 2. The second-order valence-corrected chi connectivity index (χ2v) is 8.02. The average molecular weight is 376 g/mol. The first-order valence-electron chi connectivity index (χ1n) is 9.94. The average Bonchev–Trinajstić information content (AvgIpc) is 3.07. The molecule has 2 N–H and O–H groups in total. The highest BCUT2D eigenvalue weighted by molar-refractivity contribution is 5.96. The Morgan fingerprint density at radius 3 is 2.61 bits per heavy atom. The van der Waals surface area contributed by atoms with Crippen LogP contribution in [0, 0.1) is 5.41 Å². The van der Waals surface area contributed by atoms with E-state index in [1.165, 1.54) is 24.8 Å². The molecule has 3 aliphatic rings. The Labute approximate surface area is 164 Å². The number of nitrogens with one attached hydrogen (secondary N) is 2. The van der Waals surface area contributed by atoms with Crippen molar-refractivity contribution in [1.29, 1.82) is 0 Å². The minimum absolute atomic E-state index is 0.0746. The maximum absolute atomic E-state index is 13.0. The van der Waals surface area contributed by atoms with Gasteiger partial charge in [0.1, 0.15) is 0 Å². The summed E-state index contributed by atoms with van der Waals surface area (Å²) in [6.07, 6.45) is 3.63. The van der Waals surface area contributed by atoms with Crippen LogP contribution in [0.3, 0.4) is 0 Å². The number of likely N-dealkylation sites (tertiary alicyclic amines) is 1. The van der Waals surface area contributed by atoms with Gasteiger partial charge in [-0.05, 0) is 36.6 Å². The maximum atomic E-state index is 13.0. The third-order valence-electron chi connectivity index (χ3n) is 6.37. The van der Waals surface area contributed by atoms with Crippen LogP contribution in [0.25, 0.3) is 0 Å². The summed E-state index contributed by atoms with van der Waals surface area (Å²) in [4.78, 5) is 28.6. The number of carbonyl (C=O) groups is 2. The summed E-state index contributed by atoms with van der Waals surface area (Å²) >= 11 is 0. The lowest BCUT2D eigenvalue weighted by molar-refractivity contribution is -0.0969. The molecule has 28 heavy (non-hydrogen) atoms. The van der Waals surface area contributed by atoms with Gasteiger partial charge in [-0.3, -0.25) is 4.90 Å². The molecule has 0 bridgehead atoms. The summed E-state index contributed by atoms with van der Waals surface area (Å²) in [6.45, 7) is 2.09. The molecule has 144 valence electrons. The van der Waals surface area contributed by atoms with E-state index >= 15 is 0 Å². The lowest BCUT2D eigenvalue weighted by Gasteiger charge is -2.62. The summed E-state index contributed by atoms with van der Waals surface area (Å²) in [5.74, 6) is 0. The van der Waals surface area contributed by atoms with Crippen molar-refractivity contribution in [3.63, 3.8) is 0 Å². The molecule has 3 fully saturated rings. The summed E-state index contributed by atoms with van der Waals surface area (Å²) < 4.78 is 0. The van der Waals surface area contributed by atoms with Crippen molar-refractivity contribution in [3.8, 4) is 0 Å². The summed E-state index contributed by atoms with van der Waals surface area (Å²) in [5.41, 5.74) is 2.98.